The molecule has 0 spiro atoms. The topological polar surface area (TPSA) is 55.1 Å². The van der Waals surface area contributed by atoms with Gasteiger partial charge in [-0.05, 0) is 23.3 Å². The van der Waals surface area contributed by atoms with Crippen molar-refractivity contribution in [2.45, 2.75) is 33.7 Å². The van der Waals surface area contributed by atoms with Crippen LogP contribution in [0.4, 0.5) is 0 Å². The Hall–Kier alpha value is -1.35. The highest BCUT2D eigenvalue weighted by Gasteiger charge is 2.20. The Morgan fingerprint density at radius 2 is 1.63 bits per heavy atom. The van der Waals surface area contributed by atoms with E-state index in [1.54, 1.807) is 0 Å². The van der Waals surface area contributed by atoms with E-state index in [1.807, 2.05) is 30.3 Å². The second-order valence-electron chi connectivity index (χ2n) is 5.79. The molecule has 3 nitrogen and oxygen atoms in total. The number of nitrogens with two attached hydrogens (primary N) is 1. The van der Waals surface area contributed by atoms with Crippen molar-refractivity contribution in [3.8, 4) is 0 Å². The zero-order valence-corrected chi connectivity index (χ0v) is 12.4. The van der Waals surface area contributed by atoms with Gasteiger partial charge in [-0.15, -0.1) is 0 Å². The molecule has 1 amide bonds. The number of carbonyl (C=O) groups is 1. The van der Waals surface area contributed by atoms with E-state index in [-0.39, 0.29) is 5.91 Å². The van der Waals surface area contributed by atoms with E-state index in [9.17, 15) is 4.79 Å². The molecule has 0 aliphatic heterocycles. The van der Waals surface area contributed by atoms with Crippen LogP contribution in [0.1, 0.15) is 39.3 Å². The molecule has 0 aliphatic carbocycles. The zero-order chi connectivity index (χ0) is 14.4. The van der Waals surface area contributed by atoms with Crippen LogP contribution in [-0.4, -0.2) is 12.5 Å². The van der Waals surface area contributed by atoms with Gasteiger partial charge in [-0.3, -0.25) is 4.79 Å². The third-order valence-electron chi connectivity index (χ3n) is 3.67. The van der Waals surface area contributed by atoms with Gasteiger partial charge in [-0.2, -0.15) is 0 Å². The number of nitrogens with one attached hydrogen (secondary N) is 1. The molecule has 0 saturated carbocycles. The summed E-state index contributed by atoms with van der Waals surface area (Å²) in [6.07, 6.45) is 0. The second-order valence-corrected chi connectivity index (χ2v) is 5.79. The molecule has 106 valence electrons. The van der Waals surface area contributed by atoms with Gasteiger partial charge in [-0.1, -0.05) is 58.0 Å². The molecule has 1 unspecified atom stereocenters. The Kier molecular flexibility index (Phi) is 6.03. The quantitative estimate of drug-likeness (QED) is 0.828. The van der Waals surface area contributed by atoms with Crippen LogP contribution in [0.15, 0.2) is 30.3 Å². The van der Waals surface area contributed by atoms with E-state index in [0.717, 1.165) is 5.56 Å². The lowest BCUT2D eigenvalue weighted by molar-refractivity contribution is -0.122. The molecule has 1 aromatic carbocycles. The molecule has 1 aromatic rings. The van der Waals surface area contributed by atoms with Crippen molar-refractivity contribution in [1.82, 2.24) is 5.32 Å². The molecule has 1 rings (SSSR count). The summed E-state index contributed by atoms with van der Waals surface area (Å²) < 4.78 is 0. The molecule has 19 heavy (non-hydrogen) atoms. The highest BCUT2D eigenvalue weighted by Crippen LogP contribution is 2.19. The minimum absolute atomic E-state index is 0.0995. The van der Waals surface area contributed by atoms with E-state index < -0.39 is 6.04 Å². The maximum Gasteiger partial charge on any atom is 0.241 e. The van der Waals surface area contributed by atoms with Crippen molar-refractivity contribution in [2.75, 3.05) is 6.54 Å². The zero-order valence-electron chi connectivity index (χ0n) is 12.4. The number of carbonyl (C=O) groups excluding carboxylic acids is 1. The predicted octanol–water partition coefficient (Wildman–Crippen LogP) is 2.73. The molecule has 0 fully saturated rings. The maximum atomic E-state index is 12.1. The highest BCUT2D eigenvalue weighted by molar-refractivity contribution is 5.82. The number of rotatable bonds is 6. The average molecular weight is 262 g/mol. The summed E-state index contributed by atoms with van der Waals surface area (Å²) in [7, 11) is 0. The standard InChI is InChI=1S/C16H26N2O/c1-11(2)14(12(3)4)10-18-16(19)15(17)13-8-6-5-7-9-13/h5-9,11-12,14-15H,10,17H2,1-4H3,(H,18,19). The molecule has 3 N–H and O–H groups in total. The van der Waals surface area contributed by atoms with E-state index in [4.69, 9.17) is 5.73 Å². The van der Waals surface area contributed by atoms with Crippen molar-refractivity contribution in [1.29, 1.82) is 0 Å². The molecular formula is C16H26N2O. The summed E-state index contributed by atoms with van der Waals surface area (Å²) >= 11 is 0. The van der Waals surface area contributed by atoms with Crippen LogP contribution in [0.5, 0.6) is 0 Å². The molecule has 0 bridgehead atoms. The van der Waals surface area contributed by atoms with Crippen LogP contribution in [0.2, 0.25) is 0 Å². The van der Waals surface area contributed by atoms with Crippen molar-refractivity contribution in [3.05, 3.63) is 35.9 Å². The van der Waals surface area contributed by atoms with E-state index in [0.29, 0.717) is 24.3 Å². The number of hydrogen-bond donors (Lipinski definition) is 2. The molecule has 0 radical (unpaired) electrons. The Bertz CT molecular complexity index is 379. The largest absolute Gasteiger partial charge is 0.354 e. The van der Waals surface area contributed by atoms with Crippen LogP contribution in [0.3, 0.4) is 0 Å². The highest BCUT2D eigenvalue weighted by atomic mass is 16.2. The first-order chi connectivity index (χ1) is 8.93. The minimum atomic E-state index is -0.582. The predicted molar refractivity (Wildman–Crippen MR) is 79.5 cm³/mol. The smallest absolute Gasteiger partial charge is 0.241 e. The van der Waals surface area contributed by atoms with Crippen LogP contribution in [0, 0.1) is 17.8 Å². The minimum Gasteiger partial charge on any atom is -0.354 e. The van der Waals surface area contributed by atoms with Crippen molar-refractivity contribution in [2.24, 2.45) is 23.5 Å². The van der Waals surface area contributed by atoms with Crippen molar-refractivity contribution < 1.29 is 4.79 Å². The SMILES string of the molecule is CC(C)C(CNC(=O)C(N)c1ccccc1)C(C)C. The first-order valence-electron chi connectivity index (χ1n) is 7.01. The Labute approximate surface area is 116 Å². The van der Waals surface area contributed by atoms with E-state index in [2.05, 4.69) is 33.0 Å². The Morgan fingerprint density at radius 1 is 1.11 bits per heavy atom. The van der Waals surface area contributed by atoms with Gasteiger partial charge in [0.15, 0.2) is 0 Å². The first kappa shape index (κ1) is 15.7. The van der Waals surface area contributed by atoms with Gasteiger partial charge >= 0.3 is 0 Å². The number of hydrogen-bond acceptors (Lipinski definition) is 2. The lowest BCUT2D eigenvalue weighted by atomic mass is 9.85. The summed E-state index contributed by atoms with van der Waals surface area (Å²) in [6, 6.07) is 8.89. The van der Waals surface area contributed by atoms with Crippen molar-refractivity contribution >= 4 is 5.91 Å². The van der Waals surface area contributed by atoms with Crippen LogP contribution < -0.4 is 11.1 Å². The lowest BCUT2D eigenvalue weighted by Crippen LogP contribution is -2.39. The van der Waals surface area contributed by atoms with E-state index in [1.165, 1.54) is 0 Å². The molecule has 0 aromatic heterocycles. The summed E-state index contributed by atoms with van der Waals surface area (Å²) in [4.78, 5) is 12.1. The normalized spacial score (nSPS) is 13.1. The maximum absolute atomic E-state index is 12.1. The van der Waals surface area contributed by atoms with Gasteiger partial charge in [0.25, 0.3) is 0 Å². The van der Waals surface area contributed by atoms with Gasteiger partial charge in [0.2, 0.25) is 5.91 Å². The van der Waals surface area contributed by atoms with Crippen LogP contribution in [0.25, 0.3) is 0 Å². The first-order valence-corrected chi connectivity index (χ1v) is 7.01. The fraction of sp³-hybridized carbons (Fsp3) is 0.562. The van der Waals surface area contributed by atoms with Crippen LogP contribution >= 0.6 is 0 Å². The number of benzene rings is 1. The Morgan fingerprint density at radius 3 is 2.11 bits per heavy atom. The summed E-state index contributed by atoms with van der Waals surface area (Å²) in [5, 5.41) is 2.98. The fourth-order valence-corrected chi connectivity index (χ4v) is 2.38. The van der Waals surface area contributed by atoms with E-state index >= 15 is 0 Å². The van der Waals surface area contributed by atoms with Gasteiger partial charge in [-0.25, -0.2) is 0 Å². The summed E-state index contributed by atoms with van der Waals surface area (Å²) in [5.74, 6) is 1.48. The van der Waals surface area contributed by atoms with Crippen LogP contribution in [-0.2, 0) is 4.79 Å². The van der Waals surface area contributed by atoms with Gasteiger partial charge in [0.05, 0.1) is 0 Å². The number of amides is 1. The fourth-order valence-electron chi connectivity index (χ4n) is 2.38. The molecule has 1 atom stereocenters. The van der Waals surface area contributed by atoms with Crippen molar-refractivity contribution in [3.63, 3.8) is 0 Å². The van der Waals surface area contributed by atoms with Gasteiger partial charge < -0.3 is 11.1 Å². The molecule has 0 heterocycles. The molecule has 0 saturated heterocycles. The van der Waals surface area contributed by atoms with Gasteiger partial charge in [0, 0.05) is 6.54 Å². The average Bonchev–Trinajstić information content (AvgIpc) is 2.38. The monoisotopic (exact) mass is 262 g/mol. The lowest BCUT2D eigenvalue weighted by Gasteiger charge is -2.25. The Balaban J connectivity index is 2.56. The second kappa shape index (κ2) is 7.29. The summed E-state index contributed by atoms with van der Waals surface area (Å²) in [6.45, 7) is 9.44. The third kappa shape index (κ3) is 4.67. The third-order valence-corrected chi connectivity index (χ3v) is 3.67. The van der Waals surface area contributed by atoms with Gasteiger partial charge in [0.1, 0.15) is 6.04 Å². The summed E-state index contributed by atoms with van der Waals surface area (Å²) in [5.41, 5.74) is 6.82. The molecule has 0 aliphatic rings. The molecular weight excluding hydrogens is 236 g/mol. The molecule has 3 heteroatoms.